The summed E-state index contributed by atoms with van der Waals surface area (Å²) in [6.45, 7) is 3.85. The highest BCUT2D eigenvalue weighted by atomic mass is 32.1. The van der Waals surface area contributed by atoms with E-state index in [0.29, 0.717) is 10.7 Å². The van der Waals surface area contributed by atoms with Crippen LogP contribution in [0.25, 0.3) is 0 Å². The molecule has 0 saturated carbocycles. The lowest BCUT2D eigenvalue weighted by Crippen LogP contribution is -2.26. The molecule has 0 atom stereocenters. The fourth-order valence-corrected chi connectivity index (χ4v) is 1.55. The van der Waals surface area contributed by atoms with Gasteiger partial charge in [0.25, 0.3) is 0 Å². The van der Waals surface area contributed by atoms with E-state index < -0.39 is 0 Å². The minimum absolute atomic E-state index is 0.186. The van der Waals surface area contributed by atoms with Crippen LogP contribution >= 0.6 is 12.2 Å². The van der Waals surface area contributed by atoms with E-state index in [9.17, 15) is 0 Å². The number of hydrogen-bond acceptors (Lipinski definition) is 4. The van der Waals surface area contributed by atoms with Crippen molar-refractivity contribution >= 4 is 23.0 Å². The first-order valence-electron chi connectivity index (χ1n) is 5.31. The second-order valence-electron chi connectivity index (χ2n) is 3.40. The molecule has 1 aromatic heterocycles. The van der Waals surface area contributed by atoms with E-state index in [2.05, 4.69) is 9.88 Å². The third-order valence-corrected chi connectivity index (χ3v) is 2.49. The van der Waals surface area contributed by atoms with Gasteiger partial charge < -0.3 is 15.7 Å². The van der Waals surface area contributed by atoms with Gasteiger partial charge in [-0.3, -0.25) is 0 Å². The van der Waals surface area contributed by atoms with Crippen LogP contribution in [-0.4, -0.2) is 34.8 Å². The maximum atomic E-state index is 8.81. The monoisotopic (exact) mass is 239 g/mol. The molecule has 0 aliphatic heterocycles. The Hall–Kier alpha value is -1.20. The van der Waals surface area contributed by atoms with Gasteiger partial charge >= 0.3 is 0 Å². The van der Waals surface area contributed by atoms with Gasteiger partial charge in [0.05, 0.1) is 5.69 Å². The zero-order valence-electron chi connectivity index (χ0n) is 9.39. The normalized spacial score (nSPS) is 10.1. The van der Waals surface area contributed by atoms with Crippen LogP contribution in [0.1, 0.15) is 19.0 Å². The lowest BCUT2D eigenvalue weighted by molar-refractivity contribution is 0.289. The molecule has 0 aliphatic rings. The van der Waals surface area contributed by atoms with Crippen molar-refractivity contribution in [2.24, 2.45) is 5.73 Å². The number of hydrogen-bond donors (Lipinski definition) is 2. The third-order valence-electron chi connectivity index (χ3n) is 2.28. The number of aromatic nitrogens is 1. The van der Waals surface area contributed by atoms with E-state index in [0.717, 1.165) is 25.3 Å². The molecule has 3 N–H and O–H groups in total. The van der Waals surface area contributed by atoms with Crippen LogP contribution in [0.2, 0.25) is 0 Å². The largest absolute Gasteiger partial charge is 0.396 e. The van der Waals surface area contributed by atoms with Crippen molar-refractivity contribution in [3.8, 4) is 0 Å². The highest BCUT2D eigenvalue weighted by molar-refractivity contribution is 7.80. The summed E-state index contributed by atoms with van der Waals surface area (Å²) < 4.78 is 0. The summed E-state index contributed by atoms with van der Waals surface area (Å²) in [5.74, 6) is 0.848. The Bertz CT molecular complexity index is 357. The molecule has 4 nitrogen and oxygen atoms in total. The van der Waals surface area contributed by atoms with Crippen molar-refractivity contribution in [3.63, 3.8) is 0 Å². The van der Waals surface area contributed by atoms with Crippen molar-refractivity contribution in [2.75, 3.05) is 24.6 Å². The fourth-order valence-electron chi connectivity index (χ4n) is 1.43. The molecule has 0 amide bonds. The van der Waals surface area contributed by atoms with Crippen LogP contribution in [0.5, 0.6) is 0 Å². The average molecular weight is 239 g/mol. The quantitative estimate of drug-likeness (QED) is 0.723. The van der Waals surface area contributed by atoms with Gasteiger partial charge in [0.1, 0.15) is 10.8 Å². The molecule has 0 radical (unpaired) electrons. The summed E-state index contributed by atoms with van der Waals surface area (Å²) in [6.07, 6.45) is 0.729. The number of nitrogens with two attached hydrogens (primary N) is 1. The van der Waals surface area contributed by atoms with E-state index in [4.69, 9.17) is 23.1 Å². The van der Waals surface area contributed by atoms with Crippen molar-refractivity contribution in [1.82, 2.24) is 4.98 Å². The number of aliphatic hydroxyl groups excluding tert-OH is 1. The Balaban J connectivity index is 2.83. The first-order valence-corrected chi connectivity index (χ1v) is 5.72. The van der Waals surface area contributed by atoms with E-state index in [1.54, 1.807) is 6.07 Å². The summed E-state index contributed by atoms with van der Waals surface area (Å²) in [6, 6.07) is 5.60. The molecule has 0 aromatic carbocycles. The average Bonchev–Trinajstić information content (AvgIpc) is 2.30. The minimum Gasteiger partial charge on any atom is -0.396 e. The Morgan fingerprint density at radius 2 is 2.31 bits per heavy atom. The second kappa shape index (κ2) is 6.40. The fraction of sp³-hybridized carbons (Fsp3) is 0.455. The molecule has 0 aliphatic carbocycles. The van der Waals surface area contributed by atoms with Crippen LogP contribution < -0.4 is 10.6 Å². The first-order chi connectivity index (χ1) is 7.69. The summed E-state index contributed by atoms with van der Waals surface area (Å²) >= 11 is 4.89. The van der Waals surface area contributed by atoms with Gasteiger partial charge in [-0.2, -0.15) is 0 Å². The van der Waals surface area contributed by atoms with Crippen LogP contribution in [0.15, 0.2) is 18.2 Å². The predicted octanol–water partition coefficient (Wildman–Crippen LogP) is 0.925. The lowest BCUT2D eigenvalue weighted by Gasteiger charge is -2.21. The van der Waals surface area contributed by atoms with Crippen LogP contribution in [0.3, 0.4) is 0 Å². The number of pyridine rings is 1. The van der Waals surface area contributed by atoms with Gasteiger partial charge in [-0.25, -0.2) is 4.98 Å². The zero-order chi connectivity index (χ0) is 12.0. The van der Waals surface area contributed by atoms with Gasteiger partial charge in [-0.1, -0.05) is 18.3 Å². The number of rotatable bonds is 6. The maximum Gasteiger partial charge on any atom is 0.129 e. The molecular weight excluding hydrogens is 222 g/mol. The molecule has 0 fully saturated rings. The molecule has 0 bridgehead atoms. The maximum absolute atomic E-state index is 8.81. The smallest absolute Gasteiger partial charge is 0.129 e. The number of anilines is 1. The van der Waals surface area contributed by atoms with Gasteiger partial charge in [0, 0.05) is 19.7 Å². The summed E-state index contributed by atoms with van der Waals surface area (Å²) in [4.78, 5) is 6.76. The van der Waals surface area contributed by atoms with Crippen LogP contribution in [0.4, 0.5) is 5.82 Å². The van der Waals surface area contributed by atoms with Crippen molar-refractivity contribution in [3.05, 3.63) is 23.9 Å². The first kappa shape index (κ1) is 12.9. The zero-order valence-corrected chi connectivity index (χ0v) is 10.2. The number of nitrogens with zero attached hydrogens (tertiary/aromatic N) is 2. The van der Waals surface area contributed by atoms with Crippen LogP contribution in [-0.2, 0) is 0 Å². The van der Waals surface area contributed by atoms with Gasteiger partial charge in [0.15, 0.2) is 0 Å². The van der Waals surface area contributed by atoms with E-state index in [1.807, 2.05) is 19.1 Å². The summed E-state index contributed by atoms with van der Waals surface area (Å²) in [5, 5.41) is 8.81. The standard InChI is InChI=1S/C11H17N3OS/c1-2-14(7-4-8-15)10-6-3-5-9(13-10)11(12)16/h3,5-6,15H,2,4,7-8H2,1H3,(H2,12,16). The molecule has 1 aromatic rings. The molecule has 1 rings (SSSR count). The predicted molar refractivity (Wildman–Crippen MR) is 69.7 cm³/mol. The minimum atomic E-state index is 0.186. The van der Waals surface area contributed by atoms with Crippen molar-refractivity contribution < 1.29 is 5.11 Å². The molecule has 0 unspecified atom stereocenters. The Kier molecular flexibility index (Phi) is 5.14. The summed E-state index contributed by atoms with van der Waals surface area (Å²) in [5.41, 5.74) is 6.17. The molecular formula is C11H17N3OS. The Morgan fingerprint density at radius 1 is 1.56 bits per heavy atom. The van der Waals surface area contributed by atoms with E-state index in [-0.39, 0.29) is 6.61 Å². The lowest BCUT2D eigenvalue weighted by atomic mass is 10.3. The van der Waals surface area contributed by atoms with Crippen molar-refractivity contribution in [1.29, 1.82) is 0 Å². The molecule has 88 valence electrons. The molecule has 5 heteroatoms. The SMILES string of the molecule is CCN(CCCO)c1cccc(C(N)=S)n1. The van der Waals surface area contributed by atoms with Gasteiger partial charge in [-0.05, 0) is 25.5 Å². The molecule has 1 heterocycles. The van der Waals surface area contributed by atoms with E-state index in [1.165, 1.54) is 0 Å². The van der Waals surface area contributed by atoms with Gasteiger partial charge in [0.2, 0.25) is 0 Å². The Labute approximate surface area is 101 Å². The number of aliphatic hydroxyl groups is 1. The molecule has 16 heavy (non-hydrogen) atoms. The summed E-state index contributed by atoms with van der Waals surface area (Å²) in [7, 11) is 0. The number of thiocarbonyl (C=S) groups is 1. The highest BCUT2D eigenvalue weighted by Crippen LogP contribution is 2.11. The highest BCUT2D eigenvalue weighted by Gasteiger charge is 2.06. The third kappa shape index (κ3) is 3.43. The molecule has 0 saturated heterocycles. The van der Waals surface area contributed by atoms with Gasteiger partial charge in [-0.15, -0.1) is 0 Å². The molecule has 0 spiro atoms. The topological polar surface area (TPSA) is 62.4 Å². The second-order valence-corrected chi connectivity index (χ2v) is 3.84. The van der Waals surface area contributed by atoms with Crippen molar-refractivity contribution in [2.45, 2.75) is 13.3 Å². The Morgan fingerprint density at radius 3 is 2.88 bits per heavy atom. The van der Waals surface area contributed by atoms with E-state index >= 15 is 0 Å². The van der Waals surface area contributed by atoms with Crippen LogP contribution in [0, 0.1) is 0 Å².